The second kappa shape index (κ2) is 5.92. The van der Waals surface area contributed by atoms with Crippen LogP contribution in [0, 0.1) is 13.8 Å². The van der Waals surface area contributed by atoms with Gasteiger partial charge in [0.2, 0.25) is 5.88 Å². The van der Waals surface area contributed by atoms with Crippen molar-refractivity contribution in [1.29, 1.82) is 0 Å². The number of hydrogen-bond donors (Lipinski definition) is 2. The summed E-state index contributed by atoms with van der Waals surface area (Å²) < 4.78 is 5.05. The Bertz CT molecular complexity index is 639. The number of pyridine rings is 1. The first-order valence-electron chi connectivity index (χ1n) is 6.16. The second-order valence-electron chi connectivity index (χ2n) is 4.26. The molecule has 0 fully saturated rings. The normalized spacial score (nSPS) is 10.4. The number of nitrogens with zero attached hydrogens (tertiary/aromatic N) is 2. The number of aryl methyl sites for hydroxylation is 1. The van der Waals surface area contributed by atoms with E-state index in [1.807, 2.05) is 13.8 Å². The number of aromatic nitrogens is 2. The van der Waals surface area contributed by atoms with Crippen LogP contribution in [-0.2, 0) is 0 Å². The maximum atomic E-state index is 12.2. The number of carbonyl (C=O) groups is 1. The molecule has 0 unspecified atom stereocenters. The van der Waals surface area contributed by atoms with E-state index in [1.165, 1.54) is 6.20 Å². The lowest BCUT2D eigenvalue weighted by Gasteiger charge is -2.07. The van der Waals surface area contributed by atoms with E-state index in [9.17, 15) is 4.79 Å². The van der Waals surface area contributed by atoms with Gasteiger partial charge in [-0.1, -0.05) is 16.8 Å². The molecule has 2 aromatic rings. The first-order valence-corrected chi connectivity index (χ1v) is 6.54. The van der Waals surface area contributed by atoms with E-state index in [-0.39, 0.29) is 10.9 Å². The Labute approximate surface area is 121 Å². The van der Waals surface area contributed by atoms with Crippen molar-refractivity contribution in [3.8, 4) is 0 Å². The van der Waals surface area contributed by atoms with Gasteiger partial charge in [-0.05, 0) is 26.8 Å². The number of rotatable bonds is 4. The molecule has 20 heavy (non-hydrogen) atoms. The van der Waals surface area contributed by atoms with Gasteiger partial charge in [-0.2, -0.15) is 0 Å². The van der Waals surface area contributed by atoms with Gasteiger partial charge in [-0.25, -0.2) is 4.98 Å². The van der Waals surface area contributed by atoms with Crippen LogP contribution < -0.4 is 10.6 Å². The zero-order chi connectivity index (χ0) is 14.7. The Morgan fingerprint density at radius 2 is 2.20 bits per heavy atom. The molecular weight excluding hydrogens is 280 g/mol. The van der Waals surface area contributed by atoms with Gasteiger partial charge in [-0.3, -0.25) is 10.1 Å². The Kier molecular flexibility index (Phi) is 4.24. The van der Waals surface area contributed by atoms with E-state index in [2.05, 4.69) is 20.8 Å². The van der Waals surface area contributed by atoms with Crippen molar-refractivity contribution in [2.45, 2.75) is 20.8 Å². The van der Waals surface area contributed by atoms with Crippen LogP contribution >= 0.6 is 11.6 Å². The predicted octanol–water partition coefficient (Wildman–Crippen LogP) is 3.02. The molecule has 6 nitrogen and oxygen atoms in total. The number of halogens is 1. The molecule has 106 valence electrons. The fourth-order valence-corrected chi connectivity index (χ4v) is 1.78. The third kappa shape index (κ3) is 2.91. The summed E-state index contributed by atoms with van der Waals surface area (Å²) in [4.78, 5) is 16.3. The maximum absolute atomic E-state index is 12.2. The van der Waals surface area contributed by atoms with Crippen molar-refractivity contribution in [1.82, 2.24) is 10.1 Å². The molecule has 0 saturated heterocycles. The van der Waals surface area contributed by atoms with Crippen LogP contribution in [0.3, 0.4) is 0 Å². The highest BCUT2D eigenvalue weighted by molar-refractivity contribution is 6.34. The van der Waals surface area contributed by atoms with Crippen molar-refractivity contribution in [3.05, 3.63) is 34.1 Å². The van der Waals surface area contributed by atoms with Gasteiger partial charge in [0.15, 0.2) is 0 Å². The highest BCUT2D eigenvalue weighted by atomic mass is 35.5. The summed E-state index contributed by atoms with van der Waals surface area (Å²) in [6.07, 6.45) is 1.44. The van der Waals surface area contributed by atoms with Crippen molar-refractivity contribution in [2.24, 2.45) is 0 Å². The quantitative estimate of drug-likeness (QED) is 0.906. The van der Waals surface area contributed by atoms with Crippen LogP contribution in [0.2, 0.25) is 5.02 Å². The highest BCUT2D eigenvalue weighted by Crippen LogP contribution is 2.22. The largest absolute Gasteiger partial charge is 0.370 e. The molecule has 2 rings (SSSR count). The van der Waals surface area contributed by atoms with Gasteiger partial charge < -0.3 is 9.84 Å². The lowest BCUT2D eigenvalue weighted by atomic mass is 10.2. The minimum absolute atomic E-state index is 0.276. The lowest BCUT2D eigenvalue weighted by Crippen LogP contribution is -2.14. The van der Waals surface area contributed by atoms with Crippen LogP contribution in [0.15, 0.2) is 16.8 Å². The Morgan fingerprint density at radius 1 is 1.45 bits per heavy atom. The molecule has 0 aliphatic carbocycles. The van der Waals surface area contributed by atoms with Gasteiger partial charge >= 0.3 is 0 Å². The predicted molar refractivity (Wildman–Crippen MR) is 77.3 cm³/mol. The number of nitrogens with one attached hydrogen (secondary N) is 2. The summed E-state index contributed by atoms with van der Waals surface area (Å²) >= 11 is 6.01. The molecule has 0 aliphatic rings. The van der Waals surface area contributed by atoms with Crippen molar-refractivity contribution in [2.75, 3.05) is 17.2 Å². The summed E-state index contributed by atoms with van der Waals surface area (Å²) in [5.41, 5.74) is 1.84. The molecule has 0 aliphatic heterocycles. The first-order chi connectivity index (χ1) is 9.52. The Hall–Kier alpha value is -2.08. The zero-order valence-electron chi connectivity index (χ0n) is 11.5. The number of amides is 1. The molecule has 7 heteroatoms. The van der Waals surface area contributed by atoms with Gasteiger partial charge in [-0.15, -0.1) is 0 Å². The number of anilines is 2. The van der Waals surface area contributed by atoms with E-state index in [1.54, 1.807) is 13.0 Å². The monoisotopic (exact) mass is 294 g/mol. The second-order valence-corrected chi connectivity index (χ2v) is 4.66. The molecule has 2 heterocycles. The van der Waals surface area contributed by atoms with Gasteiger partial charge in [0.25, 0.3) is 5.91 Å². The summed E-state index contributed by atoms with van der Waals surface area (Å²) in [6.45, 7) is 6.27. The Balaban J connectivity index is 2.24. The van der Waals surface area contributed by atoms with Crippen LogP contribution in [0.25, 0.3) is 0 Å². The third-order valence-corrected chi connectivity index (χ3v) is 3.14. The molecule has 0 aromatic carbocycles. The molecule has 0 saturated carbocycles. The van der Waals surface area contributed by atoms with E-state index >= 15 is 0 Å². The van der Waals surface area contributed by atoms with Crippen molar-refractivity contribution >= 4 is 29.2 Å². The molecule has 2 N–H and O–H groups in total. The van der Waals surface area contributed by atoms with Gasteiger partial charge in [0, 0.05) is 18.3 Å². The molecular formula is C13H15ClN4O2. The van der Waals surface area contributed by atoms with E-state index in [0.717, 1.165) is 11.3 Å². The zero-order valence-corrected chi connectivity index (χ0v) is 12.2. The third-order valence-electron chi connectivity index (χ3n) is 2.84. The standard InChI is InChI=1S/C13H15ClN4O2/c1-4-15-11-5-9(10(14)6-16-11)12(19)17-13-7(2)8(3)18-20-13/h5-6H,4H2,1-3H3,(H,15,16)(H,17,19). The lowest BCUT2D eigenvalue weighted by molar-refractivity contribution is 0.102. The Morgan fingerprint density at radius 3 is 2.80 bits per heavy atom. The summed E-state index contributed by atoms with van der Waals surface area (Å²) in [5.74, 6) is 0.550. The minimum atomic E-state index is -0.365. The van der Waals surface area contributed by atoms with Crippen LogP contribution in [0.1, 0.15) is 28.5 Å². The van der Waals surface area contributed by atoms with Gasteiger partial charge in [0.1, 0.15) is 5.82 Å². The first kappa shape index (κ1) is 14.3. The number of hydrogen-bond acceptors (Lipinski definition) is 5. The van der Waals surface area contributed by atoms with E-state index < -0.39 is 0 Å². The van der Waals surface area contributed by atoms with E-state index in [4.69, 9.17) is 16.1 Å². The average molecular weight is 295 g/mol. The van der Waals surface area contributed by atoms with Crippen LogP contribution in [-0.4, -0.2) is 22.6 Å². The molecule has 0 bridgehead atoms. The number of carbonyl (C=O) groups excluding carboxylic acids is 1. The fourth-order valence-electron chi connectivity index (χ4n) is 1.59. The molecule has 1 amide bonds. The summed E-state index contributed by atoms with van der Waals surface area (Å²) in [6, 6.07) is 1.60. The molecule has 0 radical (unpaired) electrons. The molecule has 0 atom stereocenters. The van der Waals surface area contributed by atoms with Crippen molar-refractivity contribution < 1.29 is 9.32 Å². The fraction of sp³-hybridized carbons (Fsp3) is 0.308. The topological polar surface area (TPSA) is 80.0 Å². The summed E-state index contributed by atoms with van der Waals surface area (Å²) in [7, 11) is 0. The van der Waals surface area contributed by atoms with Crippen LogP contribution in [0.4, 0.5) is 11.7 Å². The molecule has 2 aromatic heterocycles. The minimum Gasteiger partial charge on any atom is -0.370 e. The highest BCUT2D eigenvalue weighted by Gasteiger charge is 2.16. The summed E-state index contributed by atoms with van der Waals surface area (Å²) in [5, 5.41) is 9.73. The maximum Gasteiger partial charge on any atom is 0.259 e. The van der Waals surface area contributed by atoms with Crippen molar-refractivity contribution in [3.63, 3.8) is 0 Å². The smallest absolute Gasteiger partial charge is 0.259 e. The van der Waals surface area contributed by atoms with Gasteiger partial charge in [0.05, 0.1) is 16.3 Å². The molecule has 0 spiro atoms. The van der Waals surface area contributed by atoms with Crippen LogP contribution in [0.5, 0.6) is 0 Å². The van der Waals surface area contributed by atoms with E-state index in [0.29, 0.717) is 23.8 Å². The SMILES string of the molecule is CCNc1cc(C(=O)Nc2onc(C)c2C)c(Cl)cn1. The average Bonchev–Trinajstić information content (AvgIpc) is 2.73.